The summed E-state index contributed by atoms with van der Waals surface area (Å²) < 4.78 is 0. The van der Waals surface area contributed by atoms with E-state index in [4.69, 9.17) is 28.9 Å². The van der Waals surface area contributed by atoms with Crippen LogP contribution < -0.4 is 11.1 Å². The van der Waals surface area contributed by atoms with Crippen LogP contribution in [0.1, 0.15) is 19.3 Å². The average Bonchev–Trinajstić information content (AvgIpc) is 2.44. The van der Waals surface area contributed by atoms with E-state index in [2.05, 4.69) is 5.32 Å². The molecule has 1 aliphatic heterocycles. The number of amides is 2. The van der Waals surface area contributed by atoms with E-state index < -0.39 is 0 Å². The number of nitrogens with zero attached hydrogens (tertiary/aromatic N) is 1. The van der Waals surface area contributed by atoms with Crippen LogP contribution in [0.3, 0.4) is 0 Å². The minimum Gasteiger partial charge on any atom is -0.368 e. The Balaban J connectivity index is 2.00. The molecule has 114 valence electrons. The number of benzene rings is 1. The Morgan fingerprint density at radius 3 is 2.81 bits per heavy atom. The normalized spacial score (nSPS) is 19.2. The third-order valence-corrected chi connectivity index (χ3v) is 4.33. The minimum absolute atomic E-state index is 0.108. The average molecular weight is 330 g/mol. The van der Waals surface area contributed by atoms with Crippen molar-refractivity contribution in [1.82, 2.24) is 4.90 Å². The molecule has 0 spiro atoms. The molecule has 1 atom stereocenters. The summed E-state index contributed by atoms with van der Waals surface area (Å²) in [5, 5.41) is 3.39. The molecule has 1 aromatic carbocycles. The van der Waals surface area contributed by atoms with E-state index in [1.54, 1.807) is 23.1 Å². The molecular weight excluding hydrogens is 313 g/mol. The number of carbonyl (C=O) groups excluding carboxylic acids is 2. The molecule has 7 heteroatoms. The number of likely N-dealkylation sites (tertiary alicyclic amines) is 1. The number of hydrogen-bond acceptors (Lipinski definition) is 3. The van der Waals surface area contributed by atoms with Crippen molar-refractivity contribution >= 4 is 40.7 Å². The van der Waals surface area contributed by atoms with E-state index in [1.165, 1.54) is 0 Å². The Hall–Kier alpha value is -1.30. The molecule has 3 N–H and O–H groups in total. The number of rotatable bonds is 4. The number of piperidine rings is 1. The molecule has 1 heterocycles. The number of nitrogens with two attached hydrogens (primary N) is 1. The molecule has 21 heavy (non-hydrogen) atoms. The molecule has 2 rings (SSSR count). The topological polar surface area (TPSA) is 75.4 Å². The van der Waals surface area contributed by atoms with Gasteiger partial charge >= 0.3 is 0 Å². The van der Waals surface area contributed by atoms with Crippen LogP contribution in [0.25, 0.3) is 0 Å². The second-order valence-electron chi connectivity index (χ2n) is 5.03. The lowest BCUT2D eigenvalue weighted by molar-refractivity contribution is -0.126. The number of nitrogens with one attached hydrogen (secondary N) is 1. The third kappa shape index (κ3) is 4.09. The van der Waals surface area contributed by atoms with Gasteiger partial charge in [-0.15, -0.1) is 0 Å². The number of primary amides is 1. The molecular formula is C14H17Cl2N3O2. The predicted octanol–water partition coefficient (Wildman–Crippen LogP) is 2.27. The Kier molecular flexibility index (Phi) is 5.45. The first kappa shape index (κ1) is 16.1. The van der Waals surface area contributed by atoms with Crippen molar-refractivity contribution in [1.29, 1.82) is 0 Å². The van der Waals surface area contributed by atoms with Crippen LogP contribution in [0.2, 0.25) is 10.0 Å². The molecule has 1 fully saturated rings. The largest absolute Gasteiger partial charge is 0.368 e. The quantitative estimate of drug-likeness (QED) is 0.889. The molecule has 0 saturated carbocycles. The van der Waals surface area contributed by atoms with Crippen molar-refractivity contribution in [3.8, 4) is 0 Å². The lowest BCUT2D eigenvalue weighted by Crippen LogP contribution is -2.50. The van der Waals surface area contributed by atoms with E-state index in [-0.39, 0.29) is 24.4 Å². The summed E-state index contributed by atoms with van der Waals surface area (Å²) in [6, 6.07) is 4.65. The standard InChI is InChI=1S/C14H17Cl2N3O2/c15-9-4-3-5-10(13(9)16)18-12(20)8-19-7-2-1-6-11(19)14(17)21/h3-5,11H,1-2,6-8H2,(H2,17,21)(H,18,20)/t11-/m1/s1. The fraction of sp³-hybridized carbons (Fsp3) is 0.429. The fourth-order valence-electron chi connectivity index (χ4n) is 2.48. The van der Waals surface area contributed by atoms with E-state index in [1.807, 2.05) is 0 Å². The first-order chi connectivity index (χ1) is 9.99. The molecule has 1 saturated heterocycles. The van der Waals surface area contributed by atoms with E-state index in [9.17, 15) is 9.59 Å². The summed E-state index contributed by atoms with van der Waals surface area (Å²) >= 11 is 11.9. The summed E-state index contributed by atoms with van der Waals surface area (Å²) in [5.41, 5.74) is 5.84. The minimum atomic E-state index is -0.386. The van der Waals surface area contributed by atoms with E-state index in [0.717, 1.165) is 12.8 Å². The highest BCUT2D eigenvalue weighted by atomic mass is 35.5. The van der Waals surface area contributed by atoms with Gasteiger partial charge in [-0.2, -0.15) is 0 Å². The van der Waals surface area contributed by atoms with Gasteiger partial charge in [0.15, 0.2) is 0 Å². The van der Waals surface area contributed by atoms with Gasteiger partial charge in [0.1, 0.15) is 0 Å². The molecule has 2 amide bonds. The van der Waals surface area contributed by atoms with Crippen LogP contribution >= 0.6 is 23.2 Å². The Morgan fingerprint density at radius 2 is 2.10 bits per heavy atom. The van der Waals surface area contributed by atoms with Gasteiger partial charge in [-0.1, -0.05) is 35.7 Å². The number of anilines is 1. The Bertz CT molecular complexity index is 551. The predicted molar refractivity (Wildman–Crippen MR) is 83.5 cm³/mol. The molecule has 0 unspecified atom stereocenters. The summed E-state index contributed by atoms with van der Waals surface area (Å²) in [6.07, 6.45) is 2.60. The SMILES string of the molecule is NC(=O)[C@H]1CCCCN1CC(=O)Nc1cccc(Cl)c1Cl. The first-order valence-corrected chi connectivity index (χ1v) is 7.52. The zero-order valence-electron chi connectivity index (χ0n) is 11.4. The van der Waals surface area contributed by atoms with Gasteiger partial charge in [0.25, 0.3) is 0 Å². The molecule has 0 radical (unpaired) electrons. The van der Waals surface area contributed by atoms with E-state index >= 15 is 0 Å². The Morgan fingerprint density at radius 1 is 1.33 bits per heavy atom. The maximum atomic E-state index is 12.1. The fourth-order valence-corrected chi connectivity index (χ4v) is 2.82. The molecule has 0 bridgehead atoms. The summed E-state index contributed by atoms with van der Waals surface area (Å²) in [5.74, 6) is -0.629. The molecule has 0 aromatic heterocycles. The maximum Gasteiger partial charge on any atom is 0.238 e. The van der Waals surface area contributed by atoms with Crippen LogP contribution in [0, 0.1) is 0 Å². The molecule has 5 nitrogen and oxygen atoms in total. The summed E-state index contributed by atoms with van der Waals surface area (Å²) in [4.78, 5) is 25.3. The molecule has 0 aliphatic carbocycles. The smallest absolute Gasteiger partial charge is 0.238 e. The highest BCUT2D eigenvalue weighted by Gasteiger charge is 2.28. The van der Waals surface area contributed by atoms with Gasteiger partial charge < -0.3 is 11.1 Å². The van der Waals surface area contributed by atoms with Crippen molar-refractivity contribution in [2.75, 3.05) is 18.4 Å². The number of halogens is 2. The van der Waals surface area contributed by atoms with Crippen LogP contribution in [0.4, 0.5) is 5.69 Å². The van der Waals surface area contributed by atoms with Crippen molar-refractivity contribution in [3.63, 3.8) is 0 Å². The zero-order valence-corrected chi connectivity index (χ0v) is 13.0. The van der Waals surface area contributed by atoms with Crippen molar-refractivity contribution in [3.05, 3.63) is 28.2 Å². The second kappa shape index (κ2) is 7.11. The first-order valence-electron chi connectivity index (χ1n) is 6.76. The van der Waals surface area contributed by atoms with Crippen molar-refractivity contribution < 1.29 is 9.59 Å². The highest BCUT2D eigenvalue weighted by molar-refractivity contribution is 6.44. The summed E-state index contributed by atoms with van der Waals surface area (Å²) in [6.45, 7) is 0.792. The van der Waals surface area contributed by atoms with E-state index in [0.29, 0.717) is 28.7 Å². The van der Waals surface area contributed by atoms with Crippen LogP contribution in [-0.4, -0.2) is 35.8 Å². The Labute approximate surface area is 133 Å². The van der Waals surface area contributed by atoms with Gasteiger partial charge in [0.05, 0.1) is 28.3 Å². The highest BCUT2D eigenvalue weighted by Crippen LogP contribution is 2.29. The second-order valence-corrected chi connectivity index (χ2v) is 5.82. The molecule has 1 aliphatic rings. The lowest BCUT2D eigenvalue weighted by atomic mass is 10.0. The van der Waals surface area contributed by atoms with Crippen LogP contribution in [-0.2, 0) is 9.59 Å². The van der Waals surface area contributed by atoms with Crippen molar-refractivity contribution in [2.45, 2.75) is 25.3 Å². The maximum absolute atomic E-state index is 12.1. The van der Waals surface area contributed by atoms with Gasteiger partial charge in [0, 0.05) is 0 Å². The number of hydrogen-bond donors (Lipinski definition) is 2. The lowest BCUT2D eigenvalue weighted by Gasteiger charge is -2.32. The number of carbonyl (C=O) groups is 2. The van der Waals surface area contributed by atoms with Gasteiger partial charge in [0.2, 0.25) is 11.8 Å². The van der Waals surface area contributed by atoms with Crippen LogP contribution in [0.5, 0.6) is 0 Å². The summed E-state index contributed by atoms with van der Waals surface area (Å²) in [7, 11) is 0. The van der Waals surface area contributed by atoms with Gasteiger partial charge in [-0.3, -0.25) is 14.5 Å². The van der Waals surface area contributed by atoms with Crippen molar-refractivity contribution in [2.24, 2.45) is 5.73 Å². The van der Waals surface area contributed by atoms with Gasteiger partial charge in [-0.25, -0.2) is 0 Å². The monoisotopic (exact) mass is 329 g/mol. The molecule has 1 aromatic rings. The third-order valence-electron chi connectivity index (χ3n) is 3.51. The zero-order chi connectivity index (χ0) is 15.4. The van der Waals surface area contributed by atoms with Crippen LogP contribution in [0.15, 0.2) is 18.2 Å². The van der Waals surface area contributed by atoms with Gasteiger partial charge in [-0.05, 0) is 31.5 Å².